The topological polar surface area (TPSA) is 137 Å². The van der Waals surface area contributed by atoms with Crippen molar-refractivity contribution in [3.63, 3.8) is 0 Å². The van der Waals surface area contributed by atoms with E-state index in [1.807, 2.05) is 37.3 Å². The Morgan fingerprint density at radius 2 is 1.62 bits per heavy atom. The van der Waals surface area contributed by atoms with Crippen molar-refractivity contribution in [2.24, 2.45) is 5.92 Å². The van der Waals surface area contributed by atoms with Crippen LogP contribution in [-0.2, 0) is 30.4 Å². The summed E-state index contributed by atoms with van der Waals surface area (Å²) in [6, 6.07) is 5.70. The number of carbonyl (C=O) groups excluding carboxylic acids is 5. The summed E-state index contributed by atoms with van der Waals surface area (Å²) < 4.78 is 0. The van der Waals surface area contributed by atoms with Crippen LogP contribution >= 0.6 is 11.8 Å². The number of rotatable bonds is 5. The van der Waals surface area contributed by atoms with E-state index in [1.165, 1.54) is 23.6 Å². The number of thioether (sulfide) groups is 1. The molecule has 0 radical (unpaired) electrons. The van der Waals surface area contributed by atoms with Crippen molar-refractivity contribution in [2.75, 3.05) is 12.3 Å². The van der Waals surface area contributed by atoms with Gasteiger partial charge in [-0.1, -0.05) is 51.1 Å². The number of benzene rings is 1. The van der Waals surface area contributed by atoms with Gasteiger partial charge in [0.15, 0.2) is 5.37 Å². The Balaban J connectivity index is 1.97. The van der Waals surface area contributed by atoms with Crippen molar-refractivity contribution in [3.05, 3.63) is 35.9 Å². The van der Waals surface area contributed by atoms with Gasteiger partial charge in [0.2, 0.25) is 23.6 Å². The van der Waals surface area contributed by atoms with Crippen LogP contribution in [0, 0.1) is 5.92 Å². The van der Waals surface area contributed by atoms with E-state index in [-0.39, 0.29) is 18.2 Å². The van der Waals surface area contributed by atoms with Crippen LogP contribution in [-0.4, -0.2) is 76.3 Å². The molecule has 0 unspecified atom stereocenters. The molecule has 1 aromatic rings. The van der Waals surface area contributed by atoms with Gasteiger partial charge in [-0.2, -0.15) is 0 Å². The lowest BCUT2D eigenvalue weighted by atomic mass is 10.0. The Morgan fingerprint density at radius 3 is 2.27 bits per heavy atom. The smallest absolute Gasteiger partial charge is 0.256 e. The van der Waals surface area contributed by atoms with Crippen LogP contribution in [0.5, 0.6) is 0 Å². The SMILES string of the molecule is CCS[C@H]1NC(=O)[C@H](C(C)C)NC(=O)[C@@H](C)NC(=O)[C@H](Cc2ccccc2)NC(=O)[C@@H]2CCCN2C1=O. The van der Waals surface area contributed by atoms with Crippen LogP contribution in [0.4, 0.5) is 0 Å². The third-order valence-corrected chi connectivity index (χ3v) is 7.57. The minimum Gasteiger partial charge on any atom is -0.343 e. The van der Waals surface area contributed by atoms with Crippen molar-refractivity contribution >= 4 is 41.3 Å². The number of nitrogens with one attached hydrogen (secondary N) is 4. The van der Waals surface area contributed by atoms with E-state index in [2.05, 4.69) is 21.3 Å². The minimum absolute atomic E-state index is 0.219. The second-order valence-electron chi connectivity index (χ2n) is 9.75. The molecule has 3 rings (SSSR count). The van der Waals surface area contributed by atoms with Crippen LogP contribution in [0.1, 0.15) is 46.1 Å². The van der Waals surface area contributed by atoms with Crippen LogP contribution in [0.2, 0.25) is 0 Å². The summed E-state index contributed by atoms with van der Waals surface area (Å²) in [5.41, 5.74) is 0.839. The number of carbonyl (C=O) groups is 5. The molecule has 1 aromatic carbocycles. The molecule has 0 aliphatic carbocycles. The number of fused-ring (bicyclic) bond motifs is 1. The first kappa shape index (κ1) is 28.5. The zero-order valence-corrected chi connectivity index (χ0v) is 22.6. The van der Waals surface area contributed by atoms with Gasteiger partial charge in [0, 0.05) is 13.0 Å². The largest absolute Gasteiger partial charge is 0.343 e. The van der Waals surface area contributed by atoms with Crippen molar-refractivity contribution in [3.8, 4) is 0 Å². The number of nitrogens with zero attached hydrogens (tertiary/aromatic N) is 1. The lowest BCUT2D eigenvalue weighted by Gasteiger charge is -2.30. The predicted molar refractivity (Wildman–Crippen MR) is 141 cm³/mol. The van der Waals surface area contributed by atoms with Crippen molar-refractivity contribution in [1.82, 2.24) is 26.2 Å². The van der Waals surface area contributed by atoms with Crippen LogP contribution < -0.4 is 21.3 Å². The van der Waals surface area contributed by atoms with E-state index in [9.17, 15) is 24.0 Å². The highest BCUT2D eigenvalue weighted by atomic mass is 32.2. The third kappa shape index (κ3) is 7.24. The minimum atomic E-state index is -0.952. The summed E-state index contributed by atoms with van der Waals surface area (Å²) in [6.07, 6.45) is 1.31. The standard InChI is InChI=1S/C26H37N5O5S/c1-5-37-25-26(36)31-13-9-12-19(31)23(34)28-18(14-17-10-7-6-8-11-17)22(33)27-16(4)21(32)29-20(15(2)3)24(35)30-25/h6-8,10-11,15-16,18-20,25H,5,9,12-14H2,1-4H3,(H,27,33)(H,28,34)(H,29,32)(H,30,35)/t16-,18+,19+,20+,25-/m1/s1. The van der Waals surface area contributed by atoms with E-state index in [0.717, 1.165) is 5.56 Å². The van der Waals surface area contributed by atoms with E-state index >= 15 is 0 Å². The Hall–Kier alpha value is -3.08. The van der Waals surface area contributed by atoms with Crippen LogP contribution in [0.15, 0.2) is 30.3 Å². The molecule has 10 nitrogen and oxygen atoms in total. The highest BCUT2D eigenvalue weighted by molar-refractivity contribution is 8.00. The summed E-state index contributed by atoms with van der Waals surface area (Å²) >= 11 is 1.26. The average molecular weight is 532 g/mol. The molecule has 37 heavy (non-hydrogen) atoms. The van der Waals surface area contributed by atoms with Gasteiger partial charge in [0.25, 0.3) is 5.91 Å². The van der Waals surface area contributed by atoms with Crippen molar-refractivity contribution in [1.29, 1.82) is 0 Å². The molecule has 2 fully saturated rings. The Morgan fingerprint density at radius 1 is 0.919 bits per heavy atom. The molecule has 0 spiro atoms. The average Bonchev–Trinajstić information content (AvgIpc) is 3.36. The third-order valence-electron chi connectivity index (χ3n) is 6.58. The Kier molecular flexibility index (Phi) is 9.96. The molecule has 0 aromatic heterocycles. The van der Waals surface area contributed by atoms with Gasteiger partial charge < -0.3 is 26.2 Å². The maximum absolute atomic E-state index is 13.5. The summed E-state index contributed by atoms with van der Waals surface area (Å²) in [5, 5.41) is 10.1. The summed E-state index contributed by atoms with van der Waals surface area (Å²) in [5.74, 6) is -2.03. The highest BCUT2D eigenvalue weighted by Crippen LogP contribution is 2.22. The molecule has 11 heteroatoms. The Bertz CT molecular complexity index is 1000. The fraction of sp³-hybridized carbons (Fsp3) is 0.577. The number of amides is 5. The molecular formula is C26H37N5O5S. The quantitative estimate of drug-likeness (QED) is 0.438. The molecule has 2 aliphatic rings. The molecule has 0 saturated carbocycles. The summed E-state index contributed by atoms with van der Waals surface area (Å²) in [6.45, 7) is 7.37. The monoisotopic (exact) mass is 531 g/mol. The molecule has 4 N–H and O–H groups in total. The number of hydrogen-bond donors (Lipinski definition) is 4. The maximum atomic E-state index is 13.5. The van der Waals surface area contributed by atoms with Crippen LogP contribution in [0.25, 0.3) is 0 Å². The molecule has 2 aliphatic heterocycles. The van der Waals surface area contributed by atoms with Gasteiger partial charge in [-0.3, -0.25) is 24.0 Å². The van der Waals surface area contributed by atoms with E-state index < -0.39 is 53.2 Å². The van der Waals surface area contributed by atoms with Crippen molar-refractivity contribution < 1.29 is 24.0 Å². The highest BCUT2D eigenvalue weighted by Gasteiger charge is 2.40. The van der Waals surface area contributed by atoms with Gasteiger partial charge in [0.05, 0.1) is 0 Å². The van der Waals surface area contributed by atoms with E-state index in [4.69, 9.17) is 0 Å². The first-order valence-electron chi connectivity index (χ1n) is 12.8. The molecule has 2 saturated heterocycles. The fourth-order valence-electron chi connectivity index (χ4n) is 4.53. The molecule has 0 bridgehead atoms. The lowest BCUT2D eigenvalue weighted by molar-refractivity contribution is -0.140. The molecular weight excluding hydrogens is 494 g/mol. The first-order valence-corrected chi connectivity index (χ1v) is 13.8. The van der Waals surface area contributed by atoms with E-state index in [1.54, 1.807) is 13.8 Å². The molecule has 5 amide bonds. The summed E-state index contributed by atoms with van der Waals surface area (Å²) in [7, 11) is 0. The molecule has 2 heterocycles. The molecule has 5 atom stereocenters. The fourth-order valence-corrected chi connectivity index (χ4v) is 5.34. The molecule has 202 valence electrons. The van der Waals surface area contributed by atoms with Crippen LogP contribution in [0.3, 0.4) is 0 Å². The lowest BCUT2D eigenvalue weighted by Crippen LogP contribution is -2.58. The maximum Gasteiger partial charge on any atom is 0.256 e. The van der Waals surface area contributed by atoms with E-state index in [0.29, 0.717) is 25.1 Å². The Labute approximate surface area is 222 Å². The first-order chi connectivity index (χ1) is 17.6. The van der Waals surface area contributed by atoms with Gasteiger partial charge >= 0.3 is 0 Å². The van der Waals surface area contributed by atoms with Gasteiger partial charge in [-0.25, -0.2) is 0 Å². The second kappa shape index (κ2) is 12.9. The normalized spacial score (nSPS) is 28.0. The van der Waals surface area contributed by atoms with Crippen molar-refractivity contribution in [2.45, 2.75) is 76.5 Å². The predicted octanol–water partition coefficient (Wildman–Crippen LogP) is 0.559. The zero-order valence-electron chi connectivity index (χ0n) is 21.8. The van der Waals surface area contributed by atoms with Gasteiger partial charge in [-0.05, 0) is 37.0 Å². The van der Waals surface area contributed by atoms with Gasteiger partial charge in [0.1, 0.15) is 24.2 Å². The zero-order chi connectivity index (χ0) is 27.1. The number of hydrogen-bond acceptors (Lipinski definition) is 6. The van der Waals surface area contributed by atoms with Gasteiger partial charge in [-0.15, -0.1) is 11.8 Å². The second-order valence-corrected chi connectivity index (χ2v) is 11.1. The summed E-state index contributed by atoms with van der Waals surface area (Å²) in [4.78, 5) is 67.8.